The Morgan fingerprint density at radius 3 is 2.59 bits per heavy atom. The predicted octanol–water partition coefficient (Wildman–Crippen LogP) is 4.70. The Morgan fingerprint density at radius 2 is 1.90 bits per heavy atom. The minimum absolute atomic E-state index is 0.0256. The fourth-order valence-corrected chi connectivity index (χ4v) is 6.22. The lowest BCUT2D eigenvalue weighted by Crippen LogP contribution is -2.40. The van der Waals surface area contributed by atoms with Gasteiger partial charge in [0, 0.05) is 11.6 Å². The molecule has 4 unspecified atom stereocenters. The fourth-order valence-electron chi connectivity index (χ4n) is 4.86. The van der Waals surface area contributed by atoms with E-state index in [0.717, 1.165) is 5.92 Å². The van der Waals surface area contributed by atoms with Crippen LogP contribution in [0.25, 0.3) is 0 Å². The van der Waals surface area contributed by atoms with Crippen molar-refractivity contribution < 1.29 is 13.2 Å². The summed E-state index contributed by atoms with van der Waals surface area (Å²) < 4.78 is 28.0. The summed E-state index contributed by atoms with van der Waals surface area (Å²) in [7, 11) is -3.86. The molecule has 7 heteroatoms. The first-order chi connectivity index (χ1) is 13.8. The third-order valence-electron chi connectivity index (χ3n) is 6.32. The Balaban J connectivity index is 1.47. The Hall–Kier alpha value is -2.05. The minimum Gasteiger partial charge on any atom is -0.349 e. The quantitative estimate of drug-likeness (QED) is 0.694. The van der Waals surface area contributed by atoms with Crippen LogP contribution in [0.4, 0.5) is 5.69 Å². The Kier molecular flexibility index (Phi) is 5.58. The molecule has 2 fully saturated rings. The molecule has 4 rings (SSSR count). The summed E-state index contributed by atoms with van der Waals surface area (Å²) in [4.78, 5) is 12.8. The normalized spacial score (nSPS) is 24.3. The molecule has 0 heterocycles. The first-order valence-electron chi connectivity index (χ1n) is 10.0. The van der Waals surface area contributed by atoms with Gasteiger partial charge in [-0.3, -0.25) is 9.52 Å². The number of para-hydroxylation sites is 1. The smallest absolute Gasteiger partial charge is 0.261 e. The zero-order chi connectivity index (χ0) is 20.6. The van der Waals surface area contributed by atoms with E-state index in [1.165, 1.54) is 37.8 Å². The van der Waals surface area contributed by atoms with Crippen LogP contribution in [0.5, 0.6) is 0 Å². The monoisotopic (exact) mass is 432 g/mol. The van der Waals surface area contributed by atoms with Gasteiger partial charge in [-0.25, -0.2) is 8.42 Å². The van der Waals surface area contributed by atoms with Gasteiger partial charge in [0.05, 0.1) is 15.6 Å². The number of hydrogen-bond donors (Lipinski definition) is 2. The van der Waals surface area contributed by atoms with Crippen LogP contribution in [-0.2, 0) is 10.0 Å². The highest BCUT2D eigenvalue weighted by Gasteiger charge is 2.42. The van der Waals surface area contributed by atoms with E-state index in [4.69, 9.17) is 11.6 Å². The summed E-state index contributed by atoms with van der Waals surface area (Å²) in [5.74, 6) is 1.80. The van der Waals surface area contributed by atoms with E-state index in [9.17, 15) is 13.2 Å². The van der Waals surface area contributed by atoms with Crippen molar-refractivity contribution in [2.75, 3.05) is 4.72 Å². The average Bonchev–Trinajstić information content (AvgIpc) is 3.33. The summed E-state index contributed by atoms with van der Waals surface area (Å²) in [6.45, 7) is 2.06. The maximum Gasteiger partial charge on any atom is 0.261 e. The largest absolute Gasteiger partial charge is 0.349 e. The van der Waals surface area contributed by atoms with Gasteiger partial charge in [-0.2, -0.15) is 0 Å². The molecule has 1 amide bonds. The standard InChI is InChI=1S/C22H25ClN2O3S/c1-14(19-12-15-9-10-16(19)11-15)24-22(26)17-5-4-6-18(13-17)29(27,28)25-21-8-3-2-7-20(21)23/h2-8,13-16,19,25H,9-12H2,1H3,(H,24,26). The highest BCUT2D eigenvalue weighted by atomic mass is 35.5. The maximum absolute atomic E-state index is 12.8. The van der Waals surface area contributed by atoms with Crippen molar-refractivity contribution in [1.82, 2.24) is 5.32 Å². The molecule has 2 aliphatic rings. The summed E-state index contributed by atoms with van der Waals surface area (Å²) >= 11 is 6.05. The van der Waals surface area contributed by atoms with E-state index in [2.05, 4.69) is 17.0 Å². The number of carbonyl (C=O) groups excluding carboxylic acids is 1. The van der Waals surface area contributed by atoms with Crippen molar-refractivity contribution in [3.05, 3.63) is 59.1 Å². The first kappa shape index (κ1) is 20.2. The second-order valence-corrected chi connectivity index (χ2v) is 10.3. The number of amides is 1. The molecule has 29 heavy (non-hydrogen) atoms. The maximum atomic E-state index is 12.8. The molecule has 0 aliphatic heterocycles. The third-order valence-corrected chi connectivity index (χ3v) is 8.01. The van der Waals surface area contributed by atoms with Gasteiger partial charge >= 0.3 is 0 Å². The number of carbonyl (C=O) groups is 1. The van der Waals surface area contributed by atoms with Crippen LogP contribution in [0.2, 0.25) is 5.02 Å². The zero-order valence-electron chi connectivity index (χ0n) is 16.3. The van der Waals surface area contributed by atoms with Crippen LogP contribution >= 0.6 is 11.6 Å². The van der Waals surface area contributed by atoms with Crippen LogP contribution in [0.1, 0.15) is 43.0 Å². The number of anilines is 1. The molecule has 2 bridgehead atoms. The Bertz CT molecular complexity index is 1020. The number of nitrogens with one attached hydrogen (secondary N) is 2. The Labute approximate surface area is 176 Å². The van der Waals surface area contributed by atoms with Gasteiger partial charge in [0.1, 0.15) is 0 Å². The molecule has 2 N–H and O–H groups in total. The summed E-state index contributed by atoms with van der Waals surface area (Å²) in [6.07, 6.45) is 5.05. The van der Waals surface area contributed by atoms with Crippen LogP contribution in [0.3, 0.4) is 0 Å². The predicted molar refractivity (Wildman–Crippen MR) is 115 cm³/mol. The molecular formula is C22H25ClN2O3S. The van der Waals surface area contributed by atoms with E-state index in [-0.39, 0.29) is 16.8 Å². The number of rotatable bonds is 6. The molecule has 0 radical (unpaired) electrons. The number of benzene rings is 2. The molecule has 2 aliphatic carbocycles. The van der Waals surface area contributed by atoms with Crippen molar-refractivity contribution in [3.63, 3.8) is 0 Å². The number of halogens is 1. The molecule has 0 spiro atoms. The third kappa shape index (κ3) is 4.28. The molecule has 5 nitrogen and oxygen atoms in total. The van der Waals surface area contributed by atoms with Crippen molar-refractivity contribution >= 4 is 33.2 Å². The summed E-state index contributed by atoms with van der Waals surface area (Å²) in [5.41, 5.74) is 0.635. The topological polar surface area (TPSA) is 75.3 Å². The second-order valence-electron chi connectivity index (χ2n) is 8.21. The lowest BCUT2D eigenvalue weighted by Gasteiger charge is -2.28. The molecule has 0 aromatic heterocycles. The van der Waals surface area contributed by atoms with Gasteiger partial charge in [0.15, 0.2) is 0 Å². The van der Waals surface area contributed by atoms with Crippen molar-refractivity contribution in [2.45, 2.75) is 43.5 Å². The summed E-state index contributed by atoms with van der Waals surface area (Å²) in [5, 5.41) is 3.40. The molecule has 2 aromatic carbocycles. The second kappa shape index (κ2) is 8.00. The highest BCUT2D eigenvalue weighted by Crippen LogP contribution is 2.49. The van der Waals surface area contributed by atoms with Gasteiger partial charge in [-0.05, 0) is 74.3 Å². The van der Waals surface area contributed by atoms with Crippen molar-refractivity contribution in [1.29, 1.82) is 0 Å². The van der Waals surface area contributed by atoms with Crippen LogP contribution in [0.15, 0.2) is 53.4 Å². The first-order valence-corrected chi connectivity index (χ1v) is 11.9. The van der Waals surface area contributed by atoms with Gasteiger partial charge < -0.3 is 5.32 Å². The highest BCUT2D eigenvalue weighted by molar-refractivity contribution is 7.92. The van der Waals surface area contributed by atoms with Crippen molar-refractivity contribution in [2.24, 2.45) is 17.8 Å². The number of hydrogen-bond acceptors (Lipinski definition) is 3. The fraction of sp³-hybridized carbons (Fsp3) is 0.409. The molecule has 0 saturated heterocycles. The van der Waals surface area contributed by atoms with E-state index >= 15 is 0 Å². The molecule has 154 valence electrons. The van der Waals surface area contributed by atoms with Gasteiger partial charge in [-0.1, -0.05) is 36.2 Å². The van der Waals surface area contributed by atoms with E-state index < -0.39 is 10.0 Å². The van der Waals surface area contributed by atoms with Crippen LogP contribution in [0, 0.1) is 17.8 Å². The average molecular weight is 433 g/mol. The molecule has 4 atom stereocenters. The molecule has 2 saturated carbocycles. The van der Waals surface area contributed by atoms with Gasteiger partial charge in [0.25, 0.3) is 15.9 Å². The lowest BCUT2D eigenvalue weighted by molar-refractivity contribution is 0.0915. The van der Waals surface area contributed by atoms with Crippen LogP contribution in [-0.4, -0.2) is 20.4 Å². The molecule has 2 aromatic rings. The van der Waals surface area contributed by atoms with E-state index in [0.29, 0.717) is 28.1 Å². The van der Waals surface area contributed by atoms with Crippen LogP contribution < -0.4 is 10.0 Å². The number of fused-ring (bicyclic) bond motifs is 2. The summed E-state index contributed by atoms with van der Waals surface area (Å²) in [6, 6.07) is 12.8. The lowest BCUT2D eigenvalue weighted by atomic mass is 9.84. The van der Waals surface area contributed by atoms with E-state index in [1.54, 1.807) is 36.4 Å². The van der Waals surface area contributed by atoms with E-state index in [1.807, 2.05) is 0 Å². The molecular weight excluding hydrogens is 408 g/mol. The van der Waals surface area contributed by atoms with Gasteiger partial charge in [-0.15, -0.1) is 0 Å². The minimum atomic E-state index is -3.86. The Morgan fingerprint density at radius 1 is 1.10 bits per heavy atom. The SMILES string of the molecule is CC(NC(=O)c1cccc(S(=O)(=O)Nc2ccccc2Cl)c1)C1CC2CCC1C2. The van der Waals surface area contributed by atoms with Gasteiger partial charge in [0.2, 0.25) is 0 Å². The zero-order valence-corrected chi connectivity index (χ0v) is 17.8. The van der Waals surface area contributed by atoms with Crippen molar-refractivity contribution in [3.8, 4) is 0 Å². The number of sulfonamides is 1.